The van der Waals surface area contributed by atoms with Gasteiger partial charge in [0.2, 0.25) is 11.3 Å². The molecule has 0 spiro atoms. The summed E-state index contributed by atoms with van der Waals surface area (Å²) < 4.78 is 5.27. The van der Waals surface area contributed by atoms with Crippen LogP contribution in [-0.4, -0.2) is 57.3 Å². The first kappa shape index (κ1) is 32.2. The van der Waals surface area contributed by atoms with Crippen LogP contribution in [0.4, 0.5) is 4.79 Å². The van der Waals surface area contributed by atoms with Gasteiger partial charge in [-0.3, -0.25) is 9.59 Å². The summed E-state index contributed by atoms with van der Waals surface area (Å²) >= 11 is 0. The van der Waals surface area contributed by atoms with Crippen LogP contribution in [0.2, 0.25) is 0 Å². The minimum absolute atomic E-state index is 0.110. The van der Waals surface area contributed by atoms with Crippen molar-refractivity contribution in [3.8, 4) is 11.1 Å². The van der Waals surface area contributed by atoms with Crippen molar-refractivity contribution in [1.29, 1.82) is 0 Å². The van der Waals surface area contributed by atoms with Crippen LogP contribution in [0.1, 0.15) is 67.9 Å². The van der Waals surface area contributed by atoms with E-state index in [1.54, 1.807) is 45.0 Å². The number of aromatic carboxylic acids is 1. The lowest BCUT2D eigenvalue weighted by Gasteiger charge is -2.29. The lowest BCUT2D eigenvalue weighted by molar-refractivity contribution is -0.142. The summed E-state index contributed by atoms with van der Waals surface area (Å²) in [4.78, 5) is 63.7. The average molecular weight is 606 g/mol. The van der Waals surface area contributed by atoms with Crippen molar-refractivity contribution in [2.24, 2.45) is 11.8 Å². The van der Waals surface area contributed by atoms with E-state index >= 15 is 0 Å². The number of ether oxygens (including phenoxy) is 1. The summed E-state index contributed by atoms with van der Waals surface area (Å²) in [6.07, 6.45) is 3.55. The van der Waals surface area contributed by atoms with E-state index in [1.807, 2.05) is 19.1 Å². The predicted molar refractivity (Wildman–Crippen MR) is 165 cm³/mol. The van der Waals surface area contributed by atoms with E-state index in [4.69, 9.17) is 4.74 Å². The Morgan fingerprint density at radius 2 is 1.68 bits per heavy atom. The van der Waals surface area contributed by atoms with Gasteiger partial charge in [-0.1, -0.05) is 24.3 Å². The van der Waals surface area contributed by atoms with Crippen LogP contribution in [0, 0.1) is 18.8 Å². The highest BCUT2D eigenvalue weighted by Gasteiger charge is 2.30. The summed E-state index contributed by atoms with van der Waals surface area (Å²) in [5.41, 5.74) is 2.24. The third kappa shape index (κ3) is 8.03. The summed E-state index contributed by atoms with van der Waals surface area (Å²) in [7, 11) is 0. The van der Waals surface area contributed by atoms with Gasteiger partial charge in [0.1, 0.15) is 17.2 Å². The van der Waals surface area contributed by atoms with Gasteiger partial charge in [-0.25, -0.2) is 14.4 Å². The molecule has 2 aromatic carbocycles. The summed E-state index contributed by atoms with van der Waals surface area (Å²) in [6.45, 7) is 7.70. The Labute approximate surface area is 255 Å². The van der Waals surface area contributed by atoms with E-state index in [0.717, 1.165) is 35.1 Å². The number of fused-ring (bicyclic) bond motifs is 1. The number of carboxylic acid groups (broad SMARTS) is 2. The molecule has 1 heterocycles. The Hall–Kier alpha value is -4.67. The first-order chi connectivity index (χ1) is 20.7. The first-order valence-electron chi connectivity index (χ1n) is 14.7. The van der Waals surface area contributed by atoms with Crippen LogP contribution in [0.25, 0.3) is 22.0 Å². The lowest BCUT2D eigenvalue weighted by Crippen LogP contribution is -2.46. The Bertz CT molecular complexity index is 1610. The van der Waals surface area contributed by atoms with E-state index in [-0.39, 0.29) is 35.1 Å². The fourth-order valence-corrected chi connectivity index (χ4v) is 5.56. The SMILES string of the molecule is Cc1cc2c(=O)c(C(=O)O)c[nH]c2cc1-c1ccc(C[C@H](NC(=O)[C@H]2CC[C@H](CNC(=O)OC(C)(C)C)CC2)C(=O)O)cc1. The van der Waals surface area contributed by atoms with Crippen LogP contribution < -0.4 is 16.1 Å². The van der Waals surface area contributed by atoms with Crippen molar-refractivity contribution in [2.45, 2.75) is 71.4 Å². The molecular formula is C33H39N3O8. The third-order valence-electron chi connectivity index (χ3n) is 7.93. The second-order valence-electron chi connectivity index (χ2n) is 12.5. The van der Waals surface area contributed by atoms with Gasteiger partial charge in [-0.2, -0.15) is 0 Å². The highest BCUT2D eigenvalue weighted by Crippen LogP contribution is 2.30. The number of aromatic amines is 1. The zero-order valence-electron chi connectivity index (χ0n) is 25.4. The average Bonchev–Trinajstić information content (AvgIpc) is 2.95. The number of carbonyl (C=O) groups excluding carboxylic acids is 2. The van der Waals surface area contributed by atoms with Crippen molar-refractivity contribution in [3.63, 3.8) is 0 Å². The Balaban J connectivity index is 1.35. The minimum atomic E-state index is -1.29. The Kier molecular flexibility index (Phi) is 9.76. The molecule has 0 saturated heterocycles. The van der Waals surface area contributed by atoms with Crippen LogP contribution >= 0.6 is 0 Å². The Morgan fingerprint density at radius 3 is 2.27 bits per heavy atom. The number of alkyl carbamates (subject to hydrolysis) is 1. The van der Waals surface area contributed by atoms with E-state index in [9.17, 15) is 34.2 Å². The number of carboxylic acids is 2. The standard InChI is InChI=1S/C33H39N3O8/c1-18-13-24-26(34-17-25(28(24)37)30(39)40)15-23(18)21-9-5-19(6-10-21)14-27(31(41)42)36-29(38)22-11-7-20(8-12-22)16-35-32(43)44-33(2,3)4/h5-6,9-10,13,15,17,20,22,27H,7-8,11-12,14,16H2,1-4H3,(H,34,37)(H,35,43)(H,36,38)(H,39,40)(H,41,42)/t20-,22-,27-/m0/s1. The molecule has 1 aliphatic rings. The highest BCUT2D eigenvalue weighted by atomic mass is 16.6. The van der Waals surface area contributed by atoms with Gasteiger partial charge in [-0.15, -0.1) is 0 Å². The normalized spacial score (nSPS) is 17.5. The number of amides is 2. The smallest absolute Gasteiger partial charge is 0.407 e. The third-order valence-corrected chi connectivity index (χ3v) is 7.93. The molecule has 11 nitrogen and oxygen atoms in total. The first-order valence-corrected chi connectivity index (χ1v) is 14.7. The van der Waals surface area contributed by atoms with Crippen molar-refractivity contribution in [3.05, 3.63) is 69.5 Å². The number of carbonyl (C=O) groups is 4. The van der Waals surface area contributed by atoms with Gasteiger partial charge in [0.25, 0.3) is 0 Å². The molecule has 0 radical (unpaired) electrons. The molecule has 4 rings (SSSR count). The molecule has 3 aromatic rings. The number of hydrogen-bond donors (Lipinski definition) is 5. The molecule has 0 bridgehead atoms. The van der Waals surface area contributed by atoms with Crippen molar-refractivity contribution < 1.29 is 34.1 Å². The molecule has 11 heteroatoms. The monoisotopic (exact) mass is 605 g/mol. The van der Waals surface area contributed by atoms with E-state index in [1.165, 1.54) is 6.20 Å². The van der Waals surface area contributed by atoms with Crippen molar-refractivity contribution >= 4 is 34.8 Å². The number of aromatic nitrogens is 1. The molecule has 2 amide bonds. The number of aryl methyl sites for hydroxylation is 1. The maximum Gasteiger partial charge on any atom is 0.407 e. The number of rotatable bonds is 9. The lowest BCUT2D eigenvalue weighted by atomic mass is 9.81. The number of H-pyrrole nitrogens is 1. The fourth-order valence-electron chi connectivity index (χ4n) is 5.56. The molecule has 1 aromatic heterocycles. The summed E-state index contributed by atoms with van der Waals surface area (Å²) in [5.74, 6) is -2.74. The second kappa shape index (κ2) is 13.3. The van der Waals surface area contributed by atoms with E-state index < -0.39 is 35.1 Å². The molecule has 1 aliphatic carbocycles. The summed E-state index contributed by atoms with van der Waals surface area (Å²) in [5, 5.41) is 24.9. The van der Waals surface area contributed by atoms with Gasteiger partial charge in [0.05, 0.1) is 0 Å². The molecule has 1 saturated carbocycles. The fraction of sp³-hybridized carbons (Fsp3) is 0.424. The molecular weight excluding hydrogens is 566 g/mol. The molecule has 44 heavy (non-hydrogen) atoms. The zero-order valence-corrected chi connectivity index (χ0v) is 25.4. The minimum Gasteiger partial charge on any atom is -0.480 e. The number of hydrogen-bond acceptors (Lipinski definition) is 6. The number of pyridine rings is 1. The van der Waals surface area contributed by atoms with Gasteiger partial charge in [-0.05, 0) is 93.7 Å². The maximum atomic E-state index is 13.0. The van der Waals surface area contributed by atoms with Gasteiger partial charge >= 0.3 is 18.0 Å². The molecule has 0 aliphatic heterocycles. The molecule has 1 atom stereocenters. The van der Waals surface area contributed by atoms with Gasteiger partial charge in [0.15, 0.2) is 0 Å². The van der Waals surface area contributed by atoms with Crippen LogP contribution in [-0.2, 0) is 20.7 Å². The quantitative estimate of drug-likeness (QED) is 0.234. The van der Waals surface area contributed by atoms with Gasteiger partial charge < -0.3 is 30.6 Å². The molecule has 1 fully saturated rings. The van der Waals surface area contributed by atoms with E-state index in [0.29, 0.717) is 24.9 Å². The molecule has 0 unspecified atom stereocenters. The summed E-state index contributed by atoms with van der Waals surface area (Å²) in [6, 6.07) is 9.66. The van der Waals surface area contributed by atoms with Crippen molar-refractivity contribution in [2.75, 3.05) is 6.54 Å². The Morgan fingerprint density at radius 1 is 1.02 bits per heavy atom. The highest BCUT2D eigenvalue weighted by molar-refractivity contribution is 5.94. The second-order valence-corrected chi connectivity index (χ2v) is 12.5. The number of aliphatic carboxylic acids is 1. The van der Waals surface area contributed by atoms with Crippen molar-refractivity contribution in [1.82, 2.24) is 15.6 Å². The zero-order chi connectivity index (χ0) is 32.2. The number of benzene rings is 2. The predicted octanol–water partition coefficient (Wildman–Crippen LogP) is 4.64. The largest absolute Gasteiger partial charge is 0.480 e. The van der Waals surface area contributed by atoms with Crippen LogP contribution in [0.15, 0.2) is 47.4 Å². The molecule has 234 valence electrons. The van der Waals surface area contributed by atoms with Crippen LogP contribution in [0.3, 0.4) is 0 Å². The maximum absolute atomic E-state index is 13.0. The topological polar surface area (TPSA) is 175 Å². The number of nitrogens with one attached hydrogen (secondary N) is 3. The van der Waals surface area contributed by atoms with Gasteiger partial charge in [0, 0.05) is 36.0 Å². The van der Waals surface area contributed by atoms with E-state index in [2.05, 4.69) is 15.6 Å². The van der Waals surface area contributed by atoms with Crippen LogP contribution in [0.5, 0.6) is 0 Å². The molecule has 5 N–H and O–H groups in total.